The summed E-state index contributed by atoms with van der Waals surface area (Å²) in [6.45, 7) is 6.81. The first kappa shape index (κ1) is 14.8. The lowest BCUT2D eigenvalue weighted by Gasteiger charge is -2.13. The highest BCUT2D eigenvalue weighted by Gasteiger charge is 2.06. The van der Waals surface area contributed by atoms with E-state index in [-0.39, 0.29) is 13.2 Å². The zero-order valence-electron chi connectivity index (χ0n) is 11.2. The Morgan fingerprint density at radius 1 is 1.17 bits per heavy atom. The van der Waals surface area contributed by atoms with Gasteiger partial charge in [0.15, 0.2) is 11.5 Å². The van der Waals surface area contributed by atoms with Crippen molar-refractivity contribution in [3.8, 4) is 11.5 Å². The van der Waals surface area contributed by atoms with Gasteiger partial charge in [-0.15, -0.1) is 0 Å². The summed E-state index contributed by atoms with van der Waals surface area (Å²) < 4.78 is 11.0. The van der Waals surface area contributed by atoms with Crippen molar-refractivity contribution in [3.63, 3.8) is 0 Å². The van der Waals surface area contributed by atoms with Crippen LogP contribution in [0.3, 0.4) is 0 Å². The minimum atomic E-state index is 0.00533. The Kier molecular flexibility index (Phi) is 7.22. The van der Waals surface area contributed by atoms with Crippen LogP contribution in [0.1, 0.15) is 25.8 Å². The Hall–Kier alpha value is -1.26. The summed E-state index contributed by atoms with van der Waals surface area (Å²) >= 11 is 0. The summed E-state index contributed by atoms with van der Waals surface area (Å²) in [5.41, 5.74) is 1.17. The maximum atomic E-state index is 8.77. The van der Waals surface area contributed by atoms with Crippen LogP contribution in [0.4, 0.5) is 0 Å². The third-order valence-electron chi connectivity index (χ3n) is 2.41. The van der Waals surface area contributed by atoms with Crippen LogP contribution < -0.4 is 14.8 Å². The second-order valence-electron chi connectivity index (χ2n) is 3.96. The highest BCUT2D eigenvalue weighted by Crippen LogP contribution is 2.28. The van der Waals surface area contributed by atoms with E-state index in [0.717, 1.165) is 25.3 Å². The van der Waals surface area contributed by atoms with Crippen molar-refractivity contribution in [2.24, 2.45) is 0 Å². The third kappa shape index (κ3) is 4.94. The molecule has 1 aromatic rings. The van der Waals surface area contributed by atoms with Gasteiger partial charge >= 0.3 is 0 Å². The van der Waals surface area contributed by atoms with E-state index in [2.05, 4.69) is 12.2 Å². The van der Waals surface area contributed by atoms with E-state index in [9.17, 15) is 0 Å². The molecular formula is C14H23NO3. The molecule has 0 aliphatic carbocycles. The van der Waals surface area contributed by atoms with Gasteiger partial charge in [-0.25, -0.2) is 0 Å². The van der Waals surface area contributed by atoms with E-state index < -0.39 is 0 Å². The van der Waals surface area contributed by atoms with Gasteiger partial charge in [-0.1, -0.05) is 13.0 Å². The minimum absolute atomic E-state index is 0.00533. The Balaban J connectivity index is 2.68. The fourth-order valence-electron chi connectivity index (χ4n) is 1.62. The van der Waals surface area contributed by atoms with Crippen molar-refractivity contribution in [2.45, 2.75) is 26.8 Å². The summed E-state index contributed by atoms with van der Waals surface area (Å²) in [6.07, 6.45) is 1.12. The normalized spacial score (nSPS) is 10.4. The molecule has 0 unspecified atom stereocenters. The molecule has 0 saturated heterocycles. The van der Waals surface area contributed by atoms with Crippen LogP contribution in [0, 0.1) is 0 Å². The second kappa shape index (κ2) is 8.78. The number of nitrogens with one attached hydrogen (secondary N) is 1. The van der Waals surface area contributed by atoms with Gasteiger partial charge in [-0.3, -0.25) is 0 Å². The first-order chi connectivity index (χ1) is 8.81. The van der Waals surface area contributed by atoms with Crippen LogP contribution in [-0.2, 0) is 6.54 Å². The first-order valence-corrected chi connectivity index (χ1v) is 6.51. The smallest absolute Gasteiger partial charge is 0.161 e. The van der Waals surface area contributed by atoms with E-state index in [4.69, 9.17) is 14.6 Å². The summed E-state index contributed by atoms with van der Waals surface area (Å²) in [6, 6.07) is 5.89. The van der Waals surface area contributed by atoms with Crippen molar-refractivity contribution in [1.82, 2.24) is 5.32 Å². The molecule has 102 valence electrons. The van der Waals surface area contributed by atoms with Gasteiger partial charge in [-0.05, 0) is 37.6 Å². The van der Waals surface area contributed by atoms with E-state index in [1.165, 1.54) is 5.56 Å². The zero-order chi connectivity index (χ0) is 13.2. The Morgan fingerprint density at radius 3 is 2.67 bits per heavy atom. The van der Waals surface area contributed by atoms with Gasteiger partial charge < -0.3 is 19.9 Å². The second-order valence-corrected chi connectivity index (χ2v) is 3.96. The molecule has 0 heterocycles. The largest absolute Gasteiger partial charge is 0.490 e. The maximum absolute atomic E-state index is 8.77. The predicted octanol–water partition coefficient (Wildman–Crippen LogP) is 1.96. The predicted molar refractivity (Wildman–Crippen MR) is 72.2 cm³/mol. The summed E-state index contributed by atoms with van der Waals surface area (Å²) in [5.74, 6) is 1.42. The fourth-order valence-corrected chi connectivity index (χ4v) is 1.62. The van der Waals surface area contributed by atoms with Gasteiger partial charge in [0.2, 0.25) is 0 Å². The minimum Gasteiger partial charge on any atom is -0.490 e. The summed E-state index contributed by atoms with van der Waals surface area (Å²) in [4.78, 5) is 0. The molecular weight excluding hydrogens is 230 g/mol. The zero-order valence-corrected chi connectivity index (χ0v) is 11.2. The summed E-state index contributed by atoms with van der Waals surface area (Å²) in [7, 11) is 0. The Labute approximate surface area is 109 Å². The number of rotatable bonds is 9. The van der Waals surface area contributed by atoms with Crippen LogP contribution in [0.2, 0.25) is 0 Å². The fraction of sp³-hybridized carbons (Fsp3) is 0.571. The highest BCUT2D eigenvalue weighted by molar-refractivity contribution is 5.43. The third-order valence-corrected chi connectivity index (χ3v) is 2.41. The number of hydrogen-bond donors (Lipinski definition) is 2. The number of hydrogen-bond acceptors (Lipinski definition) is 4. The van der Waals surface area contributed by atoms with Crippen molar-refractivity contribution in [2.75, 3.05) is 26.4 Å². The van der Waals surface area contributed by atoms with Crippen molar-refractivity contribution >= 4 is 0 Å². The molecule has 0 amide bonds. The van der Waals surface area contributed by atoms with E-state index in [1.54, 1.807) is 0 Å². The molecule has 0 atom stereocenters. The molecule has 4 nitrogen and oxygen atoms in total. The Bertz CT molecular complexity index is 342. The molecule has 0 saturated carbocycles. The first-order valence-electron chi connectivity index (χ1n) is 6.51. The molecule has 0 aliphatic rings. The molecule has 4 heteroatoms. The standard InChI is InChI=1S/C14H23NO3/c1-3-7-15-11-12-5-6-13(18-9-8-16)14(10-12)17-4-2/h5-6,10,15-16H,3-4,7-9,11H2,1-2H3. The molecule has 1 rings (SSSR count). The lowest BCUT2D eigenvalue weighted by Crippen LogP contribution is -2.14. The molecule has 1 aromatic carbocycles. The van der Waals surface area contributed by atoms with Crippen LogP contribution in [-0.4, -0.2) is 31.5 Å². The number of benzene rings is 1. The van der Waals surface area contributed by atoms with Crippen LogP contribution in [0.15, 0.2) is 18.2 Å². The number of aliphatic hydroxyl groups excluding tert-OH is 1. The van der Waals surface area contributed by atoms with Crippen molar-refractivity contribution in [3.05, 3.63) is 23.8 Å². The lowest BCUT2D eigenvalue weighted by atomic mass is 10.2. The lowest BCUT2D eigenvalue weighted by molar-refractivity contribution is 0.194. The molecule has 0 radical (unpaired) electrons. The highest BCUT2D eigenvalue weighted by atomic mass is 16.5. The van der Waals surface area contributed by atoms with Crippen LogP contribution in [0.5, 0.6) is 11.5 Å². The SMILES string of the molecule is CCCNCc1ccc(OCCO)c(OCC)c1. The van der Waals surface area contributed by atoms with Crippen molar-refractivity contribution in [1.29, 1.82) is 0 Å². The van der Waals surface area contributed by atoms with Crippen LogP contribution in [0.25, 0.3) is 0 Å². The van der Waals surface area contributed by atoms with Crippen LogP contribution >= 0.6 is 0 Å². The molecule has 0 aliphatic heterocycles. The molecule has 2 N–H and O–H groups in total. The maximum Gasteiger partial charge on any atom is 0.161 e. The molecule has 18 heavy (non-hydrogen) atoms. The number of ether oxygens (including phenoxy) is 2. The van der Waals surface area contributed by atoms with Gasteiger partial charge in [0.1, 0.15) is 6.61 Å². The molecule has 0 aromatic heterocycles. The molecule has 0 fully saturated rings. The molecule has 0 spiro atoms. The van der Waals surface area contributed by atoms with Gasteiger partial charge in [0.05, 0.1) is 13.2 Å². The Morgan fingerprint density at radius 2 is 2.00 bits per heavy atom. The molecule has 0 bridgehead atoms. The quantitative estimate of drug-likeness (QED) is 0.661. The van der Waals surface area contributed by atoms with Crippen molar-refractivity contribution < 1.29 is 14.6 Å². The van der Waals surface area contributed by atoms with E-state index >= 15 is 0 Å². The average Bonchev–Trinajstić information content (AvgIpc) is 2.38. The van der Waals surface area contributed by atoms with E-state index in [0.29, 0.717) is 12.4 Å². The topological polar surface area (TPSA) is 50.7 Å². The monoisotopic (exact) mass is 253 g/mol. The van der Waals surface area contributed by atoms with E-state index in [1.807, 2.05) is 25.1 Å². The van der Waals surface area contributed by atoms with Gasteiger partial charge in [0, 0.05) is 6.54 Å². The van der Waals surface area contributed by atoms with Gasteiger partial charge in [0.25, 0.3) is 0 Å². The van der Waals surface area contributed by atoms with Gasteiger partial charge in [-0.2, -0.15) is 0 Å². The number of aliphatic hydroxyl groups is 1. The average molecular weight is 253 g/mol. The summed E-state index contributed by atoms with van der Waals surface area (Å²) in [5, 5.41) is 12.1.